The molecule has 1 aliphatic rings. The molecule has 2 aromatic heterocycles. The summed E-state index contributed by atoms with van der Waals surface area (Å²) in [5.41, 5.74) is 5.07. The van der Waals surface area contributed by atoms with E-state index in [1.54, 1.807) is 6.07 Å². The number of aromatic nitrogens is 2. The maximum Gasteiger partial charge on any atom is 0.116 e. The minimum absolute atomic E-state index is 0.329. The van der Waals surface area contributed by atoms with E-state index in [-0.39, 0.29) is 0 Å². The Hall–Kier alpha value is -2.29. The van der Waals surface area contributed by atoms with Crippen LogP contribution >= 0.6 is 0 Å². The van der Waals surface area contributed by atoms with Crippen LogP contribution in [0.3, 0.4) is 0 Å². The molecule has 3 nitrogen and oxygen atoms in total. The highest BCUT2D eigenvalue weighted by atomic mass is 16.3. The summed E-state index contributed by atoms with van der Waals surface area (Å²) < 4.78 is 2.41. The molecule has 3 heteroatoms. The summed E-state index contributed by atoms with van der Waals surface area (Å²) in [6.07, 6.45) is 7.23. The predicted octanol–water partition coefficient (Wildman–Crippen LogP) is 3.75. The summed E-state index contributed by atoms with van der Waals surface area (Å²) in [5, 5.41) is 11.0. The minimum Gasteiger partial charge on any atom is -0.508 e. The van der Waals surface area contributed by atoms with E-state index in [1.807, 2.05) is 36.7 Å². The first-order valence-corrected chi connectivity index (χ1v) is 7.09. The molecule has 20 heavy (non-hydrogen) atoms. The topological polar surface area (TPSA) is 38.1 Å². The van der Waals surface area contributed by atoms with Gasteiger partial charge in [0.1, 0.15) is 5.75 Å². The first-order valence-electron chi connectivity index (χ1n) is 7.09. The fourth-order valence-electron chi connectivity index (χ4n) is 3.31. The third-order valence-corrected chi connectivity index (χ3v) is 4.17. The fourth-order valence-corrected chi connectivity index (χ4v) is 3.31. The molecular weight excluding hydrogens is 248 g/mol. The van der Waals surface area contributed by atoms with Crippen LogP contribution in [0.1, 0.15) is 18.5 Å². The largest absolute Gasteiger partial charge is 0.508 e. The van der Waals surface area contributed by atoms with Crippen LogP contribution in [0.15, 0.2) is 42.7 Å². The number of pyridine rings is 1. The van der Waals surface area contributed by atoms with Gasteiger partial charge in [-0.3, -0.25) is 4.98 Å². The average molecular weight is 264 g/mol. The van der Waals surface area contributed by atoms with Crippen molar-refractivity contribution in [3.05, 3.63) is 48.4 Å². The van der Waals surface area contributed by atoms with Crippen LogP contribution in [0.25, 0.3) is 22.0 Å². The monoisotopic (exact) mass is 264 g/mol. The Morgan fingerprint density at radius 1 is 1.05 bits per heavy atom. The van der Waals surface area contributed by atoms with Crippen LogP contribution in [-0.2, 0) is 13.0 Å². The molecule has 1 aliphatic heterocycles. The van der Waals surface area contributed by atoms with Crippen molar-refractivity contribution in [1.29, 1.82) is 0 Å². The predicted molar refractivity (Wildman–Crippen MR) is 79.8 cm³/mol. The molecule has 0 aliphatic carbocycles. The molecule has 4 rings (SSSR count). The Bertz CT molecular complexity index is 775. The number of hydrogen-bond donors (Lipinski definition) is 1. The van der Waals surface area contributed by atoms with Crippen LogP contribution in [0.5, 0.6) is 5.75 Å². The second-order valence-corrected chi connectivity index (χ2v) is 5.37. The van der Waals surface area contributed by atoms with Crippen molar-refractivity contribution in [3.63, 3.8) is 0 Å². The quantitative estimate of drug-likeness (QED) is 0.727. The zero-order valence-corrected chi connectivity index (χ0v) is 11.2. The van der Waals surface area contributed by atoms with Crippen LogP contribution in [0, 0.1) is 0 Å². The second kappa shape index (κ2) is 4.37. The van der Waals surface area contributed by atoms with Crippen LogP contribution in [0.2, 0.25) is 0 Å². The lowest BCUT2D eigenvalue weighted by Gasteiger charge is -2.17. The normalized spacial score (nSPS) is 14.4. The SMILES string of the molecule is Oc1ccc2c(c1)c(-c1ccncc1)c1n2CCCC1. The Morgan fingerprint density at radius 3 is 2.75 bits per heavy atom. The molecule has 0 amide bonds. The molecule has 0 radical (unpaired) electrons. The van der Waals surface area contributed by atoms with Crippen molar-refractivity contribution in [2.45, 2.75) is 25.8 Å². The molecule has 3 aromatic rings. The van der Waals surface area contributed by atoms with Gasteiger partial charge in [0.05, 0.1) is 0 Å². The van der Waals surface area contributed by atoms with Crippen molar-refractivity contribution in [2.24, 2.45) is 0 Å². The van der Waals surface area contributed by atoms with E-state index in [0.717, 1.165) is 18.4 Å². The molecule has 0 atom stereocenters. The number of rotatable bonds is 1. The summed E-state index contributed by atoms with van der Waals surface area (Å²) in [5.74, 6) is 0.329. The highest BCUT2D eigenvalue weighted by Crippen LogP contribution is 2.38. The lowest BCUT2D eigenvalue weighted by atomic mass is 9.99. The average Bonchev–Trinajstić information content (AvgIpc) is 2.81. The molecule has 1 N–H and O–H groups in total. The molecular formula is C17H16N2O. The maximum absolute atomic E-state index is 9.84. The van der Waals surface area contributed by atoms with Gasteiger partial charge >= 0.3 is 0 Å². The summed E-state index contributed by atoms with van der Waals surface area (Å²) in [6.45, 7) is 1.07. The van der Waals surface area contributed by atoms with Crippen molar-refractivity contribution in [1.82, 2.24) is 9.55 Å². The minimum atomic E-state index is 0.329. The van der Waals surface area contributed by atoms with E-state index in [1.165, 1.54) is 35.2 Å². The molecule has 0 saturated carbocycles. The number of benzene rings is 1. The van der Waals surface area contributed by atoms with Crippen LogP contribution in [0.4, 0.5) is 0 Å². The van der Waals surface area contributed by atoms with E-state index < -0.39 is 0 Å². The third-order valence-electron chi connectivity index (χ3n) is 4.17. The Balaban J connectivity index is 2.10. The lowest BCUT2D eigenvalue weighted by Crippen LogP contribution is -2.09. The van der Waals surface area contributed by atoms with Gasteiger partial charge in [0, 0.05) is 41.1 Å². The highest BCUT2D eigenvalue weighted by molar-refractivity contribution is 5.99. The van der Waals surface area contributed by atoms with E-state index in [4.69, 9.17) is 0 Å². The van der Waals surface area contributed by atoms with Gasteiger partial charge in [-0.25, -0.2) is 0 Å². The molecule has 0 unspecified atom stereocenters. The molecule has 100 valence electrons. The van der Waals surface area contributed by atoms with Gasteiger partial charge in [0.25, 0.3) is 0 Å². The number of phenols is 1. The Kier molecular flexibility index (Phi) is 2.52. The van der Waals surface area contributed by atoms with Crippen molar-refractivity contribution >= 4 is 10.9 Å². The summed E-state index contributed by atoms with van der Waals surface area (Å²) in [4.78, 5) is 4.11. The van der Waals surface area contributed by atoms with Crippen molar-refractivity contribution in [3.8, 4) is 16.9 Å². The van der Waals surface area contributed by atoms with Crippen molar-refractivity contribution in [2.75, 3.05) is 0 Å². The van der Waals surface area contributed by atoms with Gasteiger partial charge in [-0.1, -0.05) is 0 Å². The first-order chi connectivity index (χ1) is 9.84. The summed E-state index contributed by atoms with van der Waals surface area (Å²) in [6, 6.07) is 9.80. The first kappa shape index (κ1) is 11.5. The molecule has 0 bridgehead atoms. The van der Waals surface area contributed by atoms with E-state index in [2.05, 4.69) is 9.55 Å². The zero-order chi connectivity index (χ0) is 13.5. The smallest absolute Gasteiger partial charge is 0.116 e. The van der Waals surface area contributed by atoms with Crippen LogP contribution < -0.4 is 0 Å². The van der Waals surface area contributed by atoms with Gasteiger partial charge in [0.2, 0.25) is 0 Å². The van der Waals surface area contributed by atoms with E-state index >= 15 is 0 Å². The van der Waals surface area contributed by atoms with E-state index in [9.17, 15) is 5.11 Å². The number of fused-ring (bicyclic) bond motifs is 3. The summed E-state index contributed by atoms with van der Waals surface area (Å²) in [7, 11) is 0. The summed E-state index contributed by atoms with van der Waals surface area (Å²) >= 11 is 0. The number of phenolic OH excluding ortho intramolecular Hbond substituents is 1. The van der Waals surface area contributed by atoms with Gasteiger partial charge in [-0.15, -0.1) is 0 Å². The van der Waals surface area contributed by atoms with Gasteiger partial charge in [-0.2, -0.15) is 0 Å². The highest BCUT2D eigenvalue weighted by Gasteiger charge is 2.20. The Morgan fingerprint density at radius 2 is 1.90 bits per heavy atom. The molecule has 0 fully saturated rings. The number of hydrogen-bond acceptors (Lipinski definition) is 2. The number of nitrogens with zero attached hydrogens (tertiary/aromatic N) is 2. The van der Waals surface area contributed by atoms with Gasteiger partial charge in [0.15, 0.2) is 0 Å². The standard InChI is InChI=1S/C17H16N2O/c20-13-4-5-15-14(11-13)17(12-6-8-18-9-7-12)16-3-1-2-10-19(15)16/h4-9,11,20H,1-3,10H2. The molecule has 0 saturated heterocycles. The molecule has 3 heterocycles. The number of aryl methyl sites for hydroxylation is 1. The molecule has 1 aromatic carbocycles. The van der Waals surface area contributed by atoms with Crippen LogP contribution in [-0.4, -0.2) is 14.7 Å². The third kappa shape index (κ3) is 1.63. The second-order valence-electron chi connectivity index (χ2n) is 5.37. The van der Waals surface area contributed by atoms with Gasteiger partial charge < -0.3 is 9.67 Å². The zero-order valence-electron chi connectivity index (χ0n) is 11.2. The Labute approximate surface area is 117 Å². The van der Waals surface area contributed by atoms with E-state index in [0.29, 0.717) is 5.75 Å². The lowest BCUT2D eigenvalue weighted by molar-refractivity contribution is 0.476. The fraction of sp³-hybridized carbons (Fsp3) is 0.235. The van der Waals surface area contributed by atoms with Gasteiger partial charge in [-0.05, 0) is 55.2 Å². The van der Waals surface area contributed by atoms with Crippen molar-refractivity contribution < 1.29 is 5.11 Å². The number of aromatic hydroxyl groups is 1. The molecule has 0 spiro atoms. The maximum atomic E-state index is 9.84.